The fraction of sp³-hybridized carbons (Fsp3) is 0.318. The van der Waals surface area contributed by atoms with Crippen LogP contribution < -0.4 is 14.8 Å². The third-order valence-electron chi connectivity index (χ3n) is 4.25. The highest BCUT2D eigenvalue weighted by Gasteiger charge is 2.16. The third-order valence-corrected chi connectivity index (χ3v) is 6.18. The van der Waals surface area contributed by atoms with Gasteiger partial charge in [-0.3, -0.25) is 9.59 Å². The van der Waals surface area contributed by atoms with Crippen LogP contribution in [-0.2, 0) is 16.0 Å². The Morgan fingerprint density at radius 2 is 1.87 bits per heavy atom. The number of carbonyl (C=O) groups is 2. The molecule has 0 saturated carbocycles. The van der Waals surface area contributed by atoms with Gasteiger partial charge in [-0.15, -0.1) is 22.7 Å². The monoisotopic (exact) mass is 459 g/mol. The maximum atomic E-state index is 12.5. The predicted octanol–water partition coefficient (Wildman–Crippen LogP) is 4.31. The summed E-state index contributed by atoms with van der Waals surface area (Å²) in [6.45, 7) is 4.73. The lowest BCUT2D eigenvalue weighted by atomic mass is 10.2. The average Bonchev–Trinajstić information content (AvgIpc) is 3.42. The molecule has 0 aliphatic heterocycles. The Morgan fingerprint density at radius 3 is 2.58 bits per heavy atom. The van der Waals surface area contributed by atoms with Gasteiger partial charge in [0.1, 0.15) is 5.01 Å². The molecule has 3 rings (SSSR count). The zero-order valence-corrected chi connectivity index (χ0v) is 19.3. The van der Waals surface area contributed by atoms with E-state index in [0.717, 1.165) is 9.88 Å². The van der Waals surface area contributed by atoms with E-state index in [2.05, 4.69) is 10.3 Å². The number of ether oxygens (including phenoxy) is 2. The number of likely N-dealkylation sites (N-methyl/N-ethyl adjacent to an activating group) is 1. The molecular formula is C22H25N3O4S2. The highest BCUT2D eigenvalue weighted by Crippen LogP contribution is 2.31. The molecule has 0 unspecified atom stereocenters. The molecule has 0 radical (unpaired) electrons. The van der Waals surface area contributed by atoms with Crippen LogP contribution in [0.15, 0.2) is 41.1 Å². The fourth-order valence-corrected chi connectivity index (χ4v) is 4.46. The fourth-order valence-electron chi connectivity index (χ4n) is 2.82. The van der Waals surface area contributed by atoms with Crippen molar-refractivity contribution < 1.29 is 19.1 Å². The van der Waals surface area contributed by atoms with Crippen molar-refractivity contribution in [2.75, 3.05) is 32.1 Å². The van der Waals surface area contributed by atoms with E-state index in [4.69, 9.17) is 9.47 Å². The summed E-state index contributed by atoms with van der Waals surface area (Å²) >= 11 is 3.13. The van der Waals surface area contributed by atoms with Gasteiger partial charge in [0.05, 0.1) is 36.8 Å². The summed E-state index contributed by atoms with van der Waals surface area (Å²) in [5, 5.41) is 7.58. The first-order chi connectivity index (χ1) is 15.0. The highest BCUT2D eigenvalue weighted by atomic mass is 32.1. The number of thiophene rings is 1. The molecule has 1 aromatic carbocycles. The van der Waals surface area contributed by atoms with Gasteiger partial charge in [-0.2, -0.15) is 0 Å². The van der Waals surface area contributed by atoms with E-state index in [1.165, 1.54) is 16.2 Å². The number of thiazole rings is 1. The van der Waals surface area contributed by atoms with Crippen molar-refractivity contribution in [3.8, 4) is 21.4 Å². The Labute approximate surface area is 189 Å². The molecule has 3 aromatic rings. The van der Waals surface area contributed by atoms with Gasteiger partial charge in [0.2, 0.25) is 11.8 Å². The summed E-state index contributed by atoms with van der Waals surface area (Å²) in [5.74, 6) is 0.733. The van der Waals surface area contributed by atoms with Crippen LogP contribution in [0.25, 0.3) is 9.88 Å². The summed E-state index contributed by atoms with van der Waals surface area (Å²) in [6, 6.07) is 9.19. The average molecular weight is 460 g/mol. The number of carbonyl (C=O) groups excluding carboxylic acids is 2. The molecule has 1 N–H and O–H groups in total. The summed E-state index contributed by atoms with van der Waals surface area (Å²) in [4.78, 5) is 32.0. The summed E-state index contributed by atoms with van der Waals surface area (Å²) in [5.41, 5.74) is 1.29. The number of nitrogens with zero attached hydrogens (tertiary/aromatic N) is 2. The van der Waals surface area contributed by atoms with Crippen LogP contribution in [0.2, 0.25) is 0 Å². The molecule has 0 aliphatic rings. The first-order valence-corrected chi connectivity index (χ1v) is 11.7. The van der Waals surface area contributed by atoms with Crippen LogP contribution in [0.5, 0.6) is 11.5 Å². The molecule has 2 amide bonds. The van der Waals surface area contributed by atoms with Gasteiger partial charge in [0.15, 0.2) is 11.5 Å². The molecular weight excluding hydrogens is 434 g/mol. The second-order valence-electron chi connectivity index (χ2n) is 6.62. The van der Waals surface area contributed by atoms with Gasteiger partial charge in [-0.25, -0.2) is 4.98 Å². The maximum Gasteiger partial charge on any atom is 0.243 e. The number of hydrogen-bond donors (Lipinski definition) is 1. The number of nitrogens with one attached hydrogen (secondary N) is 1. The standard InChI is InChI=1S/C22H25N3O4S2/c1-4-28-17-9-8-15(11-18(17)29-5-2)23-20(26)13-25(3)21(27)12-16-14-31-22(24-16)19-7-6-10-30-19/h6-11,14H,4-5,12-13H2,1-3H3,(H,23,26). The highest BCUT2D eigenvalue weighted by molar-refractivity contribution is 7.20. The van der Waals surface area contributed by atoms with E-state index < -0.39 is 0 Å². The Morgan fingerprint density at radius 1 is 1.10 bits per heavy atom. The van der Waals surface area contributed by atoms with Gasteiger partial charge in [0.25, 0.3) is 0 Å². The minimum absolute atomic E-state index is 0.0576. The normalized spacial score (nSPS) is 10.5. The number of benzene rings is 1. The van der Waals surface area contributed by atoms with E-state index in [1.54, 1.807) is 36.6 Å². The molecule has 2 aromatic heterocycles. The number of amides is 2. The summed E-state index contributed by atoms with van der Waals surface area (Å²) in [7, 11) is 1.61. The van der Waals surface area contributed by atoms with E-state index in [-0.39, 0.29) is 24.8 Å². The molecule has 2 heterocycles. The Kier molecular flexibility index (Phi) is 8.02. The molecule has 7 nitrogen and oxygen atoms in total. The van der Waals surface area contributed by atoms with Crippen molar-refractivity contribution in [1.82, 2.24) is 9.88 Å². The van der Waals surface area contributed by atoms with Crippen molar-refractivity contribution in [2.45, 2.75) is 20.3 Å². The van der Waals surface area contributed by atoms with Gasteiger partial charge >= 0.3 is 0 Å². The van der Waals surface area contributed by atoms with E-state index in [1.807, 2.05) is 36.7 Å². The minimum Gasteiger partial charge on any atom is -0.490 e. The molecule has 0 fully saturated rings. The zero-order valence-electron chi connectivity index (χ0n) is 17.7. The molecule has 0 saturated heterocycles. The van der Waals surface area contributed by atoms with Crippen molar-refractivity contribution in [1.29, 1.82) is 0 Å². The molecule has 0 atom stereocenters. The third kappa shape index (κ3) is 6.28. The Hall–Kier alpha value is -2.91. The molecule has 9 heteroatoms. The number of aromatic nitrogens is 1. The Balaban J connectivity index is 1.55. The van der Waals surface area contributed by atoms with Crippen molar-refractivity contribution in [3.05, 3.63) is 46.8 Å². The lowest BCUT2D eigenvalue weighted by Gasteiger charge is -2.17. The van der Waals surface area contributed by atoms with Crippen molar-refractivity contribution in [2.24, 2.45) is 0 Å². The first kappa shape index (κ1) is 22.8. The predicted molar refractivity (Wildman–Crippen MR) is 124 cm³/mol. The largest absolute Gasteiger partial charge is 0.490 e. The lowest BCUT2D eigenvalue weighted by molar-refractivity contribution is -0.132. The quantitative estimate of drug-likeness (QED) is 0.489. The van der Waals surface area contributed by atoms with Crippen LogP contribution >= 0.6 is 22.7 Å². The van der Waals surface area contributed by atoms with Gasteiger partial charge < -0.3 is 19.7 Å². The molecule has 164 valence electrons. The van der Waals surface area contributed by atoms with E-state index in [9.17, 15) is 9.59 Å². The van der Waals surface area contributed by atoms with E-state index >= 15 is 0 Å². The molecule has 31 heavy (non-hydrogen) atoms. The maximum absolute atomic E-state index is 12.5. The number of anilines is 1. The van der Waals surface area contributed by atoms with Gasteiger partial charge in [-0.05, 0) is 37.4 Å². The summed E-state index contributed by atoms with van der Waals surface area (Å²) in [6.07, 6.45) is 0.156. The van der Waals surface area contributed by atoms with Gasteiger partial charge in [-0.1, -0.05) is 6.07 Å². The van der Waals surface area contributed by atoms with Gasteiger partial charge in [0, 0.05) is 24.2 Å². The molecule has 0 spiro atoms. The van der Waals surface area contributed by atoms with Crippen molar-refractivity contribution >= 4 is 40.2 Å². The molecule has 0 bridgehead atoms. The van der Waals surface area contributed by atoms with Crippen molar-refractivity contribution in [3.63, 3.8) is 0 Å². The minimum atomic E-state index is -0.292. The second-order valence-corrected chi connectivity index (χ2v) is 8.43. The van der Waals surface area contributed by atoms with Crippen LogP contribution in [0.4, 0.5) is 5.69 Å². The van der Waals surface area contributed by atoms with E-state index in [0.29, 0.717) is 36.1 Å². The second kappa shape index (κ2) is 10.9. The zero-order chi connectivity index (χ0) is 22.2. The number of rotatable bonds is 10. The van der Waals surface area contributed by atoms with Crippen LogP contribution in [0.1, 0.15) is 19.5 Å². The summed E-state index contributed by atoms with van der Waals surface area (Å²) < 4.78 is 11.1. The van der Waals surface area contributed by atoms with Crippen LogP contribution in [0, 0.1) is 0 Å². The number of hydrogen-bond acceptors (Lipinski definition) is 7. The Bertz CT molecular complexity index is 1020. The molecule has 0 aliphatic carbocycles. The smallest absolute Gasteiger partial charge is 0.243 e. The SMILES string of the molecule is CCOc1ccc(NC(=O)CN(C)C(=O)Cc2csc(-c3cccs3)n2)cc1OCC. The lowest BCUT2D eigenvalue weighted by Crippen LogP contribution is -2.35. The van der Waals surface area contributed by atoms with Crippen LogP contribution in [0.3, 0.4) is 0 Å². The first-order valence-electron chi connectivity index (χ1n) is 9.91. The van der Waals surface area contributed by atoms with Crippen LogP contribution in [-0.4, -0.2) is 48.5 Å². The topological polar surface area (TPSA) is 80.8 Å².